The number of Topliss-reactive ketones (excluding diaryl/α,β-unsaturated/α-hetero) is 1. The number of hydrogen-bond acceptors (Lipinski definition) is 2. The lowest BCUT2D eigenvalue weighted by atomic mass is 9.94. The monoisotopic (exact) mass is 207 g/mol. The average Bonchev–Trinajstić information content (AvgIpc) is 2.27. The van der Waals surface area contributed by atoms with E-state index in [2.05, 4.69) is 11.9 Å². The van der Waals surface area contributed by atoms with E-state index in [9.17, 15) is 4.79 Å². The second-order valence-electron chi connectivity index (χ2n) is 3.28. The predicted molar refractivity (Wildman–Crippen MR) is 65.6 cm³/mol. The molecule has 0 spiro atoms. The van der Waals surface area contributed by atoms with Crippen LogP contribution in [-0.4, -0.2) is 12.3 Å². The number of carbonyl (C=O) groups excluding carboxylic acids is 1. The Morgan fingerprint density at radius 2 is 2.07 bits per heavy atom. The van der Waals surface area contributed by atoms with Crippen LogP contribution in [0, 0.1) is 5.92 Å². The number of rotatable bonds is 2. The summed E-state index contributed by atoms with van der Waals surface area (Å²) in [6.07, 6.45) is 5.27. The highest BCUT2D eigenvalue weighted by Crippen LogP contribution is 2.16. The molecule has 0 aromatic heterocycles. The summed E-state index contributed by atoms with van der Waals surface area (Å²) in [6.45, 7) is 12.2. The van der Waals surface area contributed by atoms with Gasteiger partial charge in [0.2, 0.25) is 0 Å². The third kappa shape index (κ3) is 3.74. The first-order chi connectivity index (χ1) is 7.16. The fraction of sp³-hybridized carbons (Fsp3) is 0.462. The zero-order valence-electron chi connectivity index (χ0n) is 10.1. The van der Waals surface area contributed by atoms with Crippen LogP contribution in [0.4, 0.5) is 0 Å². The highest BCUT2D eigenvalue weighted by atomic mass is 16.1. The molecular weight excluding hydrogens is 186 g/mol. The van der Waals surface area contributed by atoms with E-state index in [0.29, 0.717) is 0 Å². The van der Waals surface area contributed by atoms with E-state index in [1.165, 1.54) is 0 Å². The van der Waals surface area contributed by atoms with Crippen molar-refractivity contribution in [1.29, 1.82) is 0 Å². The summed E-state index contributed by atoms with van der Waals surface area (Å²) >= 11 is 0. The Hall–Kier alpha value is -1.31. The molecule has 1 N–H and O–H groups in total. The maximum absolute atomic E-state index is 11.7. The van der Waals surface area contributed by atoms with Crippen LogP contribution in [0.1, 0.15) is 27.7 Å². The summed E-state index contributed by atoms with van der Waals surface area (Å²) in [7, 11) is 0. The lowest BCUT2D eigenvalue weighted by molar-refractivity contribution is -0.118. The normalized spacial score (nSPS) is 20.8. The fourth-order valence-electron chi connectivity index (χ4n) is 1.32. The standard InChI is InChI=1S/C11H15NO.C2H6/c1-4-5-6-10-9(3)12-7-8(2)11(10)13;1-2/h4-6,8,12H,1,7H2,2-3H3;1-2H3/b6-5-;. The molecule has 15 heavy (non-hydrogen) atoms. The van der Waals surface area contributed by atoms with Crippen LogP contribution >= 0.6 is 0 Å². The molecule has 0 aromatic rings. The van der Waals surface area contributed by atoms with Crippen molar-refractivity contribution >= 4 is 5.78 Å². The largest absolute Gasteiger partial charge is 0.387 e. The van der Waals surface area contributed by atoms with E-state index in [4.69, 9.17) is 0 Å². The number of ketones is 1. The number of allylic oxidation sites excluding steroid dienone is 5. The van der Waals surface area contributed by atoms with Crippen LogP contribution in [-0.2, 0) is 4.79 Å². The van der Waals surface area contributed by atoms with Crippen molar-refractivity contribution in [3.63, 3.8) is 0 Å². The smallest absolute Gasteiger partial charge is 0.169 e. The summed E-state index contributed by atoms with van der Waals surface area (Å²) in [5, 5.41) is 3.19. The lowest BCUT2D eigenvalue weighted by Gasteiger charge is -2.21. The van der Waals surface area contributed by atoms with Gasteiger partial charge in [-0.1, -0.05) is 39.5 Å². The third-order valence-corrected chi connectivity index (χ3v) is 2.19. The van der Waals surface area contributed by atoms with Gasteiger partial charge in [-0.25, -0.2) is 0 Å². The molecule has 1 aliphatic heterocycles. The molecule has 0 saturated carbocycles. The van der Waals surface area contributed by atoms with Crippen molar-refractivity contribution in [2.45, 2.75) is 27.7 Å². The molecule has 1 heterocycles. The predicted octanol–water partition coefficient (Wildman–Crippen LogP) is 2.84. The van der Waals surface area contributed by atoms with Crippen LogP contribution in [0.25, 0.3) is 0 Å². The van der Waals surface area contributed by atoms with Crippen LogP contribution in [0.15, 0.2) is 36.1 Å². The maximum atomic E-state index is 11.7. The first-order valence-corrected chi connectivity index (χ1v) is 5.45. The molecule has 1 atom stereocenters. The molecule has 1 unspecified atom stereocenters. The van der Waals surface area contributed by atoms with Crippen molar-refractivity contribution in [3.05, 3.63) is 36.1 Å². The van der Waals surface area contributed by atoms with Gasteiger partial charge in [0.15, 0.2) is 5.78 Å². The van der Waals surface area contributed by atoms with Gasteiger partial charge < -0.3 is 5.32 Å². The van der Waals surface area contributed by atoms with Crippen LogP contribution in [0.5, 0.6) is 0 Å². The van der Waals surface area contributed by atoms with Gasteiger partial charge in [-0.05, 0) is 13.0 Å². The second-order valence-corrected chi connectivity index (χ2v) is 3.28. The third-order valence-electron chi connectivity index (χ3n) is 2.19. The highest BCUT2D eigenvalue weighted by Gasteiger charge is 2.22. The number of carbonyl (C=O) groups is 1. The minimum absolute atomic E-state index is 0.0770. The Bertz CT molecular complexity index is 287. The van der Waals surface area contributed by atoms with Gasteiger partial charge in [-0.2, -0.15) is 0 Å². The van der Waals surface area contributed by atoms with Crippen molar-refractivity contribution in [2.24, 2.45) is 5.92 Å². The van der Waals surface area contributed by atoms with Gasteiger partial charge in [-0.15, -0.1) is 0 Å². The van der Waals surface area contributed by atoms with E-state index in [1.54, 1.807) is 12.2 Å². The van der Waals surface area contributed by atoms with E-state index in [0.717, 1.165) is 17.8 Å². The summed E-state index contributed by atoms with van der Waals surface area (Å²) in [6, 6.07) is 0. The van der Waals surface area contributed by atoms with Crippen molar-refractivity contribution in [3.8, 4) is 0 Å². The first kappa shape index (κ1) is 13.7. The average molecular weight is 207 g/mol. The number of nitrogens with one attached hydrogen (secondary N) is 1. The zero-order chi connectivity index (χ0) is 11.8. The SMILES string of the molecule is C=C/C=C\C1=C(C)NCC(C)C1=O.CC. The molecule has 0 fully saturated rings. The highest BCUT2D eigenvalue weighted by molar-refractivity contribution is 6.01. The maximum Gasteiger partial charge on any atom is 0.169 e. The van der Waals surface area contributed by atoms with E-state index in [1.807, 2.05) is 33.8 Å². The fourth-order valence-corrected chi connectivity index (χ4v) is 1.32. The summed E-state index contributed by atoms with van der Waals surface area (Å²) in [5.41, 5.74) is 1.74. The minimum atomic E-state index is 0.0770. The van der Waals surface area contributed by atoms with Crippen molar-refractivity contribution < 1.29 is 4.79 Å². The lowest BCUT2D eigenvalue weighted by Crippen LogP contribution is -2.33. The molecule has 0 bridgehead atoms. The summed E-state index contributed by atoms with van der Waals surface area (Å²) in [5.74, 6) is 0.294. The Morgan fingerprint density at radius 3 is 2.60 bits per heavy atom. The summed E-state index contributed by atoms with van der Waals surface area (Å²) in [4.78, 5) is 11.7. The molecule has 0 radical (unpaired) electrons. The van der Waals surface area contributed by atoms with Crippen molar-refractivity contribution in [2.75, 3.05) is 6.54 Å². The molecule has 2 heteroatoms. The Kier molecular flexibility index (Phi) is 6.43. The van der Waals surface area contributed by atoms with Gasteiger partial charge in [0.05, 0.1) is 0 Å². The van der Waals surface area contributed by atoms with Gasteiger partial charge in [0, 0.05) is 23.7 Å². The van der Waals surface area contributed by atoms with Gasteiger partial charge in [0.25, 0.3) is 0 Å². The Morgan fingerprint density at radius 1 is 1.47 bits per heavy atom. The Labute approximate surface area is 92.8 Å². The number of hydrogen-bond donors (Lipinski definition) is 1. The molecule has 2 nitrogen and oxygen atoms in total. The van der Waals surface area contributed by atoms with Crippen LogP contribution < -0.4 is 5.32 Å². The quantitative estimate of drug-likeness (QED) is 0.705. The van der Waals surface area contributed by atoms with Crippen molar-refractivity contribution in [1.82, 2.24) is 5.32 Å². The van der Waals surface area contributed by atoms with Gasteiger partial charge in [-0.3, -0.25) is 4.79 Å². The topological polar surface area (TPSA) is 29.1 Å². The minimum Gasteiger partial charge on any atom is -0.387 e. The van der Waals surface area contributed by atoms with Gasteiger partial charge in [0.1, 0.15) is 0 Å². The molecular formula is C13H21NO. The Balaban J connectivity index is 0.000000921. The first-order valence-electron chi connectivity index (χ1n) is 5.45. The molecule has 0 aliphatic carbocycles. The summed E-state index contributed by atoms with van der Waals surface area (Å²) < 4.78 is 0. The molecule has 0 amide bonds. The molecule has 1 rings (SSSR count). The van der Waals surface area contributed by atoms with Crippen LogP contribution in [0.2, 0.25) is 0 Å². The zero-order valence-corrected chi connectivity index (χ0v) is 10.1. The molecule has 1 aliphatic rings. The van der Waals surface area contributed by atoms with E-state index in [-0.39, 0.29) is 11.7 Å². The van der Waals surface area contributed by atoms with Crippen LogP contribution in [0.3, 0.4) is 0 Å². The van der Waals surface area contributed by atoms with E-state index < -0.39 is 0 Å². The molecule has 0 aromatic carbocycles. The molecule has 84 valence electrons. The second kappa shape index (κ2) is 7.04. The van der Waals surface area contributed by atoms with E-state index >= 15 is 0 Å². The van der Waals surface area contributed by atoms with Gasteiger partial charge >= 0.3 is 0 Å². The molecule has 0 saturated heterocycles.